The van der Waals surface area contributed by atoms with Crippen LogP contribution in [0.25, 0.3) is 0 Å². The van der Waals surface area contributed by atoms with Gasteiger partial charge in [0.2, 0.25) is 10.0 Å². The summed E-state index contributed by atoms with van der Waals surface area (Å²) in [4.78, 5) is 4.59. The van der Waals surface area contributed by atoms with Gasteiger partial charge in [-0.15, -0.1) is 24.0 Å². The highest BCUT2D eigenvalue weighted by molar-refractivity contribution is 14.0. The third-order valence-corrected chi connectivity index (χ3v) is 6.44. The molecule has 0 spiro atoms. The van der Waals surface area contributed by atoms with Gasteiger partial charge in [0.1, 0.15) is 0 Å². The lowest BCUT2D eigenvalue weighted by Crippen LogP contribution is -2.42. The molecule has 6 nitrogen and oxygen atoms in total. The van der Waals surface area contributed by atoms with Crippen molar-refractivity contribution < 1.29 is 8.42 Å². The van der Waals surface area contributed by atoms with E-state index in [1.807, 2.05) is 18.2 Å². The van der Waals surface area contributed by atoms with E-state index in [2.05, 4.69) is 51.5 Å². The van der Waals surface area contributed by atoms with Crippen molar-refractivity contribution in [1.82, 2.24) is 15.4 Å². The Labute approximate surface area is 197 Å². The Balaban J connectivity index is 0.00000320. The molecule has 8 heteroatoms. The fourth-order valence-electron chi connectivity index (χ4n) is 2.99. The van der Waals surface area contributed by atoms with E-state index >= 15 is 0 Å². The van der Waals surface area contributed by atoms with Gasteiger partial charge in [0.15, 0.2) is 5.96 Å². The molecule has 0 aliphatic heterocycles. The van der Waals surface area contributed by atoms with Gasteiger partial charge < -0.3 is 10.6 Å². The van der Waals surface area contributed by atoms with E-state index in [1.165, 1.54) is 5.56 Å². The van der Waals surface area contributed by atoms with Gasteiger partial charge in [0, 0.05) is 25.7 Å². The normalized spacial score (nSPS) is 15.2. The van der Waals surface area contributed by atoms with Crippen molar-refractivity contribution in [1.29, 1.82) is 0 Å². The quantitative estimate of drug-likeness (QED) is 0.258. The second-order valence-electron chi connectivity index (χ2n) is 7.53. The Bertz CT molecular complexity index is 914. The maximum Gasteiger partial charge on any atom is 0.240 e. The number of aliphatic imine (C=N–C) groups is 1. The lowest BCUT2D eigenvalue weighted by molar-refractivity contribution is 0.581. The minimum atomic E-state index is -3.40. The zero-order chi connectivity index (χ0) is 20.7. The topological polar surface area (TPSA) is 82.6 Å². The number of halogens is 1. The molecule has 0 amide bonds. The maximum atomic E-state index is 12.2. The fraction of sp³-hybridized carbons (Fsp3) is 0.409. The van der Waals surface area contributed by atoms with E-state index in [9.17, 15) is 8.42 Å². The molecule has 1 aliphatic carbocycles. The molecule has 3 N–H and O–H groups in total. The second kappa shape index (κ2) is 11.7. The average Bonchev–Trinajstić information content (AvgIpc) is 3.54. The van der Waals surface area contributed by atoms with Crippen LogP contribution in [-0.2, 0) is 23.0 Å². The number of guanidine groups is 1. The van der Waals surface area contributed by atoms with Crippen molar-refractivity contribution in [2.45, 2.75) is 56.1 Å². The predicted octanol–water partition coefficient (Wildman–Crippen LogP) is 3.43. The van der Waals surface area contributed by atoms with Gasteiger partial charge in [-0.3, -0.25) is 4.99 Å². The number of benzene rings is 2. The van der Waals surface area contributed by atoms with E-state index in [0.717, 1.165) is 37.2 Å². The molecule has 1 atom stereocenters. The number of sulfonamides is 1. The first-order valence-corrected chi connectivity index (χ1v) is 11.6. The van der Waals surface area contributed by atoms with Crippen molar-refractivity contribution in [2.75, 3.05) is 7.05 Å². The molecule has 3 rings (SSSR count). The van der Waals surface area contributed by atoms with Crippen LogP contribution in [-0.4, -0.2) is 33.5 Å². The van der Waals surface area contributed by atoms with Gasteiger partial charge in [-0.25, -0.2) is 13.1 Å². The molecule has 30 heavy (non-hydrogen) atoms. The van der Waals surface area contributed by atoms with E-state index < -0.39 is 10.0 Å². The molecular formula is C22H31IN4O2S. The SMILES string of the molecule is CN=C(NCc1ccc(S(=O)(=O)NC2CC2)cc1)NC(C)CCc1ccccc1.I. The summed E-state index contributed by atoms with van der Waals surface area (Å²) in [6.07, 6.45) is 3.87. The molecule has 0 saturated heterocycles. The first-order chi connectivity index (χ1) is 14.0. The summed E-state index contributed by atoms with van der Waals surface area (Å²) in [5.41, 5.74) is 2.32. The van der Waals surface area contributed by atoms with Gasteiger partial charge in [0.05, 0.1) is 4.90 Å². The first-order valence-electron chi connectivity index (χ1n) is 10.1. The molecule has 0 heterocycles. The van der Waals surface area contributed by atoms with Gasteiger partial charge in [-0.2, -0.15) is 0 Å². The molecular weight excluding hydrogens is 511 g/mol. The highest BCUT2D eigenvalue weighted by Crippen LogP contribution is 2.22. The number of hydrogen-bond donors (Lipinski definition) is 3. The van der Waals surface area contributed by atoms with Crippen molar-refractivity contribution in [2.24, 2.45) is 4.99 Å². The molecule has 1 saturated carbocycles. The first kappa shape index (κ1) is 24.6. The van der Waals surface area contributed by atoms with Crippen LogP contribution < -0.4 is 15.4 Å². The van der Waals surface area contributed by atoms with Gasteiger partial charge in [0.25, 0.3) is 0 Å². The molecule has 1 aliphatic rings. The van der Waals surface area contributed by atoms with Crippen LogP contribution in [0.1, 0.15) is 37.3 Å². The van der Waals surface area contributed by atoms with E-state index in [4.69, 9.17) is 0 Å². The predicted molar refractivity (Wildman–Crippen MR) is 133 cm³/mol. The van der Waals surface area contributed by atoms with Gasteiger partial charge in [-0.05, 0) is 55.9 Å². The molecule has 164 valence electrons. The van der Waals surface area contributed by atoms with Crippen molar-refractivity contribution in [3.05, 3.63) is 65.7 Å². The standard InChI is InChI=1S/C22H30N4O2S.HI/c1-17(8-9-18-6-4-3-5-7-18)25-22(23-2)24-16-19-10-14-21(15-11-19)29(27,28)26-20-12-13-20;/h3-7,10-11,14-15,17,20,26H,8-9,12-13,16H2,1-2H3,(H2,23,24,25);1H. The third kappa shape index (κ3) is 7.88. The highest BCUT2D eigenvalue weighted by atomic mass is 127. The van der Waals surface area contributed by atoms with Crippen LogP contribution in [0.4, 0.5) is 0 Å². The summed E-state index contributed by atoms with van der Waals surface area (Å²) in [6, 6.07) is 17.8. The Hall–Kier alpha value is -1.65. The Morgan fingerprint density at radius 3 is 2.33 bits per heavy atom. The molecule has 2 aromatic rings. The Morgan fingerprint density at radius 1 is 1.07 bits per heavy atom. The zero-order valence-corrected chi connectivity index (χ0v) is 20.6. The molecule has 1 fully saturated rings. The van der Waals surface area contributed by atoms with E-state index in [-0.39, 0.29) is 36.1 Å². The second-order valence-corrected chi connectivity index (χ2v) is 9.25. The summed E-state index contributed by atoms with van der Waals surface area (Å²) in [5, 5.41) is 6.69. The Kier molecular flexibility index (Phi) is 9.57. The van der Waals surface area contributed by atoms with E-state index in [0.29, 0.717) is 11.4 Å². The van der Waals surface area contributed by atoms with Gasteiger partial charge >= 0.3 is 0 Å². The summed E-state index contributed by atoms with van der Waals surface area (Å²) in [6.45, 7) is 2.71. The minimum Gasteiger partial charge on any atom is -0.354 e. The number of hydrogen-bond acceptors (Lipinski definition) is 3. The van der Waals surface area contributed by atoms with Crippen molar-refractivity contribution in [3.63, 3.8) is 0 Å². The van der Waals surface area contributed by atoms with Crippen LogP contribution >= 0.6 is 24.0 Å². The molecule has 0 aromatic heterocycles. The molecule has 0 radical (unpaired) electrons. The third-order valence-electron chi connectivity index (χ3n) is 4.91. The molecule has 1 unspecified atom stereocenters. The van der Waals surface area contributed by atoms with Crippen LogP contribution in [0.5, 0.6) is 0 Å². The average molecular weight is 542 g/mol. The van der Waals surface area contributed by atoms with Crippen LogP contribution in [0.3, 0.4) is 0 Å². The summed E-state index contributed by atoms with van der Waals surface area (Å²) < 4.78 is 27.2. The van der Waals surface area contributed by atoms with Crippen LogP contribution in [0, 0.1) is 0 Å². The minimum absolute atomic E-state index is 0. The lowest BCUT2D eigenvalue weighted by Gasteiger charge is -2.18. The van der Waals surface area contributed by atoms with E-state index in [1.54, 1.807) is 19.2 Å². The van der Waals surface area contributed by atoms with Crippen LogP contribution in [0.2, 0.25) is 0 Å². The van der Waals surface area contributed by atoms with Crippen LogP contribution in [0.15, 0.2) is 64.5 Å². The zero-order valence-electron chi connectivity index (χ0n) is 17.5. The van der Waals surface area contributed by atoms with Crippen molar-refractivity contribution >= 4 is 40.0 Å². The van der Waals surface area contributed by atoms with Gasteiger partial charge in [-0.1, -0.05) is 42.5 Å². The summed E-state index contributed by atoms with van der Waals surface area (Å²) in [7, 11) is -1.65. The maximum absolute atomic E-state index is 12.2. The monoisotopic (exact) mass is 542 g/mol. The summed E-state index contributed by atoms with van der Waals surface area (Å²) in [5.74, 6) is 0.734. The lowest BCUT2D eigenvalue weighted by atomic mass is 10.1. The number of rotatable bonds is 9. The number of nitrogens with zero attached hydrogens (tertiary/aromatic N) is 1. The number of aryl methyl sites for hydroxylation is 1. The largest absolute Gasteiger partial charge is 0.354 e. The summed E-state index contributed by atoms with van der Waals surface area (Å²) >= 11 is 0. The molecule has 2 aromatic carbocycles. The fourth-order valence-corrected chi connectivity index (χ4v) is 4.29. The highest BCUT2D eigenvalue weighted by Gasteiger charge is 2.27. The van der Waals surface area contributed by atoms with Crippen molar-refractivity contribution in [3.8, 4) is 0 Å². The molecule has 0 bridgehead atoms. The number of nitrogens with one attached hydrogen (secondary N) is 3. The smallest absolute Gasteiger partial charge is 0.240 e. The Morgan fingerprint density at radius 2 is 1.73 bits per heavy atom.